The third kappa shape index (κ3) is 3.24. The van der Waals surface area contributed by atoms with Crippen LogP contribution in [0.5, 0.6) is 0 Å². The number of carbonyl (C=O) groups excluding carboxylic acids is 1. The number of piperidine rings is 1. The topological polar surface area (TPSA) is 39.3 Å². The molecule has 6 heteroatoms. The third-order valence-corrected chi connectivity index (χ3v) is 5.57. The first-order valence-corrected chi connectivity index (χ1v) is 8.52. The molecule has 0 aliphatic carbocycles. The number of urea groups is 1. The summed E-state index contributed by atoms with van der Waals surface area (Å²) in [4.78, 5) is 20.7. The van der Waals surface area contributed by atoms with Gasteiger partial charge < -0.3 is 19.4 Å². The Hall–Kier alpha value is -0.850. The minimum absolute atomic E-state index is 0.0249. The molecule has 0 N–H and O–H groups in total. The molecule has 3 aliphatic rings. The van der Waals surface area contributed by atoms with Gasteiger partial charge in [-0.25, -0.2) is 4.79 Å². The second kappa shape index (κ2) is 6.34. The Kier molecular flexibility index (Phi) is 4.61. The van der Waals surface area contributed by atoms with Gasteiger partial charge in [0.1, 0.15) is 0 Å². The van der Waals surface area contributed by atoms with E-state index in [-0.39, 0.29) is 11.6 Å². The molecule has 2 amide bonds. The summed E-state index contributed by atoms with van der Waals surface area (Å²) in [5.41, 5.74) is 0.0249. The maximum Gasteiger partial charge on any atom is 0.319 e. The molecule has 0 saturated carbocycles. The zero-order chi connectivity index (χ0) is 15.7. The van der Waals surface area contributed by atoms with Gasteiger partial charge in [-0.1, -0.05) is 0 Å². The highest BCUT2D eigenvalue weighted by Gasteiger charge is 2.45. The number of rotatable bonds is 1. The second-order valence-corrected chi connectivity index (χ2v) is 7.36. The average Bonchev–Trinajstić information content (AvgIpc) is 2.92. The molecule has 3 rings (SSSR count). The van der Waals surface area contributed by atoms with Gasteiger partial charge in [0.2, 0.25) is 0 Å². The summed E-state index contributed by atoms with van der Waals surface area (Å²) in [5, 5.41) is 0. The van der Waals surface area contributed by atoms with E-state index in [9.17, 15) is 4.79 Å². The Morgan fingerprint density at radius 1 is 1.09 bits per heavy atom. The molecule has 3 aliphatic heterocycles. The lowest BCUT2D eigenvalue weighted by Gasteiger charge is -2.40. The molecule has 1 spiro atoms. The van der Waals surface area contributed by atoms with Gasteiger partial charge in [0.05, 0.1) is 12.2 Å². The molecular weight excluding hydrogens is 280 g/mol. The van der Waals surface area contributed by atoms with Crippen molar-refractivity contribution in [2.75, 3.05) is 67.0 Å². The standard InChI is InChI=1S/C16H30N4O2/c1-17(2)15(21)20-6-4-16(5-7-20)12-14(13-22-16)19-10-8-18(3)9-11-19/h14H,4-13H2,1-3H3/t14-/m0/s1. The number of carbonyl (C=O) groups is 1. The van der Waals surface area contributed by atoms with Crippen LogP contribution in [0, 0.1) is 0 Å². The zero-order valence-corrected chi connectivity index (χ0v) is 14.3. The van der Waals surface area contributed by atoms with Crippen LogP contribution >= 0.6 is 0 Å². The summed E-state index contributed by atoms with van der Waals surface area (Å²) < 4.78 is 6.26. The highest BCUT2D eigenvalue weighted by atomic mass is 16.5. The van der Waals surface area contributed by atoms with Crippen LogP contribution in [0.25, 0.3) is 0 Å². The number of piperazine rings is 1. The van der Waals surface area contributed by atoms with Gasteiger partial charge in [-0.3, -0.25) is 4.90 Å². The van der Waals surface area contributed by atoms with Crippen LogP contribution in [-0.2, 0) is 4.74 Å². The van der Waals surface area contributed by atoms with Crippen LogP contribution in [0.4, 0.5) is 4.79 Å². The molecule has 0 unspecified atom stereocenters. The fourth-order valence-electron chi connectivity index (χ4n) is 3.98. The fourth-order valence-corrected chi connectivity index (χ4v) is 3.98. The molecule has 1 atom stereocenters. The Labute approximate surface area is 134 Å². The molecule has 3 heterocycles. The van der Waals surface area contributed by atoms with Crippen molar-refractivity contribution in [2.45, 2.75) is 30.9 Å². The van der Waals surface area contributed by atoms with E-state index in [1.54, 1.807) is 4.90 Å². The minimum atomic E-state index is 0.0249. The van der Waals surface area contributed by atoms with Crippen LogP contribution in [0.3, 0.4) is 0 Å². The predicted molar refractivity (Wildman–Crippen MR) is 86.0 cm³/mol. The number of ether oxygens (including phenoxy) is 1. The molecule has 3 fully saturated rings. The van der Waals surface area contributed by atoms with Gasteiger partial charge >= 0.3 is 6.03 Å². The van der Waals surface area contributed by atoms with Crippen molar-refractivity contribution in [3.63, 3.8) is 0 Å². The smallest absolute Gasteiger partial charge is 0.319 e. The van der Waals surface area contributed by atoms with Gasteiger partial charge in [0.15, 0.2) is 0 Å². The maximum atomic E-state index is 12.0. The van der Waals surface area contributed by atoms with Crippen molar-refractivity contribution in [3.05, 3.63) is 0 Å². The average molecular weight is 310 g/mol. The Balaban J connectivity index is 1.51. The number of likely N-dealkylation sites (N-methyl/N-ethyl adjacent to an activating group) is 1. The summed E-state index contributed by atoms with van der Waals surface area (Å²) in [5.74, 6) is 0. The van der Waals surface area contributed by atoms with E-state index in [2.05, 4.69) is 16.8 Å². The molecule has 0 radical (unpaired) electrons. The van der Waals surface area contributed by atoms with Crippen LogP contribution in [0.2, 0.25) is 0 Å². The van der Waals surface area contributed by atoms with Gasteiger partial charge in [-0.2, -0.15) is 0 Å². The van der Waals surface area contributed by atoms with Crippen LogP contribution in [-0.4, -0.2) is 104 Å². The largest absolute Gasteiger partial charge is 0.373 e. The highest BCUT2D eigenvalue weighted by molar-refractivity contribution is 5.73. The van der Waals surface area contributed by atoms with E-state index < -0.39 is 0 Å². The number of amides is 2. The van der Waals surface area contributed by atoms with Gasteiger partial charge in [0, 0.05) is 59.4 Å². The van der Waals surface area contributed by atoms with E-state index in [0.717, 1.165) is 65.1 Å². The van der Waals surface area contributed by atoms with E-state index in [1.165, 1.54) is 0 Å². The SMILES string of the molecule is CN1CCN([C@@H]2COC3(CCN(C(=O)N(C)C)CC3)C2)CC1. The number of hydrogen-bond donors (Lipinski definition) is 0. The third-order valence-electron chi connectivity index (χ3n) is 5.57. The molecule has 126 valence electrons. The van der Waals surface area contributed by atoms with Crippen molar-refractivity contribution in [1.82, 2.24) is 19.6 Å². The van der Waals surface area contributed by atoms with Gasteiger partial charge in [0.25, 0.3) is 0 Å². The monoisotopic (exact) mass is 310 g/mol. The van der Waals surface area contributed by atoms with Crippen molar-refractivity contribution in [3.8, 4) is 0 Å². The lowest BCUT2D eigenvalue weighted by atomic mass is 9.87. The second-order valence-electron chi connectivity index (χ2n) is 7.36. The molecule has 0 aromatic rings. The Bertz CT molecular complexity index is 399. The Morgan fingerprint density at radius 3 is 2.32 bits per heavy atom. The summed E-state index contributed by atoms with van der Waals surface area (Å²) in [6.07, 6.45) is 3.11. The lowest BCUT2D eigenvalue weighted by molar-refractivity contribution is -0.0384. The molecular formula is C16H30N4O2. The fraction of sp³-hybridized carbons (Fsp3) is 0.938. The van der Waals surface area contributed by atoms with Crippen LogP contribution < -0.4 is 0 Å². The van der Waals surface area contributed by atoms with Crippen molar-refractivity contribution in [1.29, 1.82) is 0 Å². The van der Waals surface area contributed by atoms with E-state index in [1.807, 2.05) is 19.0 Å². The molecule has 0 bridgehead atoms. The van der Waals surface area contributed by atoms with Crippen LogP contribution in [0.1, 0.15) is 19.3 Å². The Morgan fingerprint density at radius 2 is 1.73 bits per heavy atom. The minimum Gasteiger partial charge on any atom is -0.373 e. The van der Waals surface area contributed by atoms with Gasteiger partial charge in [-0.05, 0) is 26.3 Å². The number of nitrogens with zero attached hydrogens (tertiary/aromatic N) is 4. The quantitative estimate of drug-likeness (QED) is 0.709. The van der Waals surface area contributed by atoms with Gasteiger partial charge in [-0.15, -0.1) is 0 Å². The van der Waals surface area contributed by atoms with Crippen molar-refractivity contribution in [2.24, 2.45) is 0 Å². The summed E-state index contributed by atoms with van der Waals surface area (Å²) in [6, 6.07) is 0.702. The zero-order valence-electron chi connectivity index (χ0n) is 14.3. The molecule has 0 aromatic carbocycles. The first-order valence-electron chi connectivity index (χ1n) is 8.52. The highest BCUT2D eigenvalue weighted by Crippen LogP contribution is 2.38. The van der Waals surface area contributed by atoms with E-state index in [4.69, 9.17) is 4.74 Å². The number of hydrogen-bond acceptors (Lipinski definition) is 4. The maximum absolute atomic E-state index is 12.0. The lowest BCUT2D eigenvalue weighted by Crippen LogP contribution is -2.51. The van der Waals surface area contributed by atoms with Crippen molar-refractivity contribution < 1.29 is 9.53 Å². The first kappa shape index (κ1) is 16.0. The summed E-state index contributed by atoms with van der Waals surface area (Å²) in [7, 11) is 5.84. The normalized spacial score (nSPS) is 30.0. The summed E-state index contributed by atoms with van der Waals surface area (Å²) >= 11 is 0. The first-order chi connectivity index (χ1) is 10.5. The molecule has 3 saturated heterocycles. The number of likely N-dealkylation sites (tertiary alicyclic amines) is 1. The van der Waals surface area contributed by atoms with Crippen molar-refractivity contribution >= 4 is 6.03 Å². The molecule has 0 aromatic heterocycles. The molecule has 6 nitrogen and oxygen atoms in total. The van der Waals surface area contributed by atoms with E-state index >= 15 is 0 Å². The van der Waals surface area contributed by atoms with Crippen LogP contribution in [0.15, 0.2) is 0 Å². The molecule has 22 heavy (non-hydrogen) atoms. The predicted octanol–water partition coefficient (Wildman–Crippen LogP) is 0.539. The summed E-state index contributed by atoms with van der Waals surface area (Å²) in [6.45, 7) is 7.16. The van der Waals surface area contributed by atoms with E-state index in [0.29, 0.717) is 6.04 Å².